The maximum atomic E-state index is 10.9. The Morgan fingerprint density at radius 3 is 2.31 bits per heavy atom. The van der Waals surface area contributed by atoms with E-state index in [1.54, 1.807) is 0 Å². The summed E-state index contributed by atoms with van der Waals surface area (Å²) in [4.78, 5) is 21.8. The molecule has 0 saturated carbocycles. The van der Waals surface area contributed by atoms with E-state index >= 15 is 0 Å². The number of hydrogen-bond donors (Lipinski definition) is 3. The molecule has 0 fully saturated rings. The summed E-state index contributed by atoms with van der Waals surface area (Å²) in [5, 5.41) is 2.52. The van der Waals surface area contributed by atoms with Crippen LogP contribution in [0.25, 0.3) is 0 Å². The van der Waals surface area contributed by atoms with Crippen LogP contribution in [-0.4, -0.2) is 24.4 Å². The lowest BCUT2D eigenvalue weighted by atomic mass is 10.0. The number of nitrogens with two attached hydrogens (primary N) is 1. The Balaban J connectivity index is 4.10. The quantitative estimate of drug-likeness (QED) is 0.476. The van der Waals surface area contributed by atoms with Crippen LogP contribution in [0.15, 0.2) is 0 Å². The van der Waals surface area contributed by atoms with Gasteiger partial charge >= 0.3 is 0 Å². The topological polar surface area (TPSA) is 99.8 Å². The van der Waals surface area contributed by atoms with Crippen LogP contribution in [0.2, 0.25) is 0 Å². The normalized spacial score (nSPS) is 12.6. The van der Waals surface area contributed by atoms with Gasteiger partial charge in [0.1, 0.15) is 6.04 Å². The second-order valence-electron chi connectivity index (χ2n) is 3.40. The molecule has 1 atom stereocenters. The zero-order chi connectivity index (χ0) is 10.4. The fourth-order valence-corrected chi connectivity index (χ4v) is 0.984. The van der Waals surface area contributed by atoms with E-state index in [1.165, 1.54) is 0 Å². The maximum Gasteiger partial charge on any atom is 0.275 e. The Bertz CT molecular complexity index is 192. The first-order valence-corrected chi connectivity index (χ1v) is 4.35. The molecule has 76 valence electrons. The number of carbonyl (C=O) groups is 2. The highest BCUT2D eigenvalue weighted by atomic mass is 16.2. The zero-order valence-electron chi connectivity index (χ0n) is 8.17. The van der Waals surface area contributed by atoms with Crippen molar-refractivity contribution in [1.82, 2.24) is 5.32 Å². The fourth-order valence-electron chi connectivity index (χ4n) is 0.984. The largest absolute Gasteiger partial charge is 0.368 e. The van der Waals surface area contributed by atoms with Crippen molar-refractivity contribution >= 4 is 11.8 Å². The molecule has 5 heteroatoms. The molecule has 0 aliphatic rings. The number of amides is 2. The van der Waals surface area contributed by atoms with E-state index in [0.29, 0.717) is 12.3 Å². The minimum absolute atomic E-state index is 0.127. The molecule has 0 radical (unpaired) electrons. The van der Waals surface area contributed by atoms with Gasteiger partial charge < -0.3 is 16.8 Å². The lowest BCUT2D eigenvalue weighted by Crippen LogP contribution is -2.59. The van der Waals surface area contributed by atoms with E-state index in [4.69, 9.17) is 5.73 Å². The second kappa shape index (κ2) is 5.53. The average molecular weight is 188 g/mol. The standard InChI is InChI=1S/C8H17N3O2/c1-5(2)3-6(8(10)13)11-7(12)4-9/h5-6H,3-4,9H2,1-2H3,(H2,10,13)(H,11,12)/p+1/t6-/m0/s1. The number of rotatable bonds is 5. The molecule has 13 heavy (non-hydrogen) atoms. The molecule has 0 spiro atoms. The predicted molar refractivity (Wildman–Crippen MR) is 48.3 cm³/mol. The smallest absolute Gasteiger partial charge is 0.275 e. The molecule has 0 rings (SSSR count). The van der Waals surface area contributed by atoms with Crippen LogP contribution in [-0.2, 0) is 9.59 Å². The number of quaternary nitrogens is 1. The molecule has 0 heterocycles. The zero-order valence-corrected chi connectivity index (χ0v) is 8.17. The first kappa shape index (κ1) is 11.9. The van der Waals surface area contributed by atoms with Crippen molar-refractivity contribution in [2.45, 2.75) is 26.3 Å². The highest BCUT2D eigenvalue weighted by molar-refractivity contribution is 5.86. The van der Waals surface area contributed by atoms with Gasteiger partial charge in [0.25, 0.3) is 5.91 Å². The minimum atomic E-state index is -0.561. The summed E-state index contributed by atoms with van der Waals surface area (Å²) in [6, 6.07) is -0.561. The van der Waals surface area contributed by atoms with Gasteiger partial charge in [-0.25, -0.2) is 0 Å². The van der Waals surface area contributed by atoms with E-state index in [2.05, 4.69) is 11.1 Å². The van der Waals surface area contributed by atoms with E-state index in [9.17, 15) is 9.59 Å². The van der Waals surface area contributed by atoms with E-state index < -0.39 is 11.9 Å². The lowest BCUT2D eigenvalue weighted by Gasteiger charge is -2.15. The fraction of sp³-hybridized carbons (Fsp3) is 0.750. The van der Waals surface area contributed by atoms with Crippen molar-refractivity contribution < 1.29 is 15.3 Å². The first-order valence-electron chi connectivity index (χ1n) is 4.35. The number of primary amides is 1. The molecule has 2 amide bonds. The molecular formula is C8H18N3O2+. The summed E-state index contributed by atoms with van der Waals surface area (Å²) in [6.07, 6.45) is 0.571. The summed E-state index contributed by atoms with van der Waals surface area (Å²) < 4.78 is 0. The Morgan fingerprint density at radius 2 is 2.00 bits per heavy atom. The number of hydrogen-bond acceptors (Lipinski definition) is 2. The summed E-state index contributed by atoms with van der Waals surface area (Å²) in [6.45, 7) is 4.06. The monoisotopic (exact) mass is 188 g/mol. The summed E-state index contributed by atoms with van der Waals surface area (Å²) in [7, 11) is 0. The van der Waals surface area contributed by atoms with Crippen molar-refractivity contribution in [3.63, 3.8) is 0 Å². The molecule has 0 aliphatic carbocycles. The van der Waals surface area contributed by atoms with Gasteiger partial charge in [0.2, 0.25) is 5.91 Å². The third kappa shape index (κ3) is 5.19. The SMILES string of the molecule is CC(C)C[C@H](NC(=O)C[NH3+])C(N)=O. The van der Waals surface area contributed by atoms with Gasteiger partial charge in [0, 0.05) is 0 Å². The molecule has 0 aromatic heterocycles. The van der Waals surface area contributed by atoms with E-state index in [-0.39, 0.29) is 12.5 Å². The van der Waals surface area contributed by atoms with Crippen LogP contribution in [0.4, 0.5) is 0 Å². The molecule has 0 unspecified atom stereocenters. The van der Waals surface area contributed by atoms with Gasteiger partial charge in [-0.2, -0.15) is 0 Å². The molecule has 6 N–H and O–H groups in total. The van der Waals surface area contributed by atoms with Crippen molar-refractivity contribution in [2.24, 2.45) is 11.7 Å². The summed E-state index contributed by atoms with van der Waals surface area (Å²) in [5.74, 6) is -0.414. The van der Waals surface area contributed by atoms with Gasteiger partial charge in [-0.1, -0.05) is 13.8 Å². The Kier molecular flexibility index (Phi) is 5.06. The van der Waals surface area contributed by atoms with Crippen LogP contribution in [0, 0.1) is 5.92 Å². The Morgan fingerprint density at radius 1 is 1.46 bits per heavy atom. The van der Waals surface area contributed by atoms with E-state index in [0.717, 1.165) is 0 Å². The third-order valence-corrected chi connectivity index (χ3v) is 1.61. The molecule has 0 aliphatic heterocycles. The van der Waals surface area contributed by atoms with Gasteiger partial charge in [-0.15, -0.1) is 0 Å². The second-order valence-corrected chi connectivity index (χ2v) is 3.40. The molecule has 5 nitrogen and oxygen atoms in total. The van der Waals surface area contributed by atoms with Crippen molar-refractivity contribution in [1.29, 1.82) is 0 Å². The van der Waals surface area contributed by atoms with Gasteiger partial charge in [0.05, 0.1) is 0 Å². The Hall–Kier alpha value is -1.10. The summed E-state index contributed by atoms with van der Waals surface area (Å²) in [5.41, 5.74) is 8.53. The number of nitrogens with one attached hydrogen (secondary N) is 1. The van der Waals surface area contributed by atoms with Crippen LogP contribution >= 0.6 is 0 Å². The lowest BCUT2D eigenvalue weighted by molar-refractivity contribution is -0.355. The van der Waals surface area contributed by atoms with Crippen LogP contribution in [0.5, 0.6) is 0 Å². The maximum absolute atomic E-state index is 10.9. The number of carbonyl (C=O) groups excluding carboxylic acids is 2. The van der Waals surface area contributed by atoms with E-state index in [1.807, 2.05) is 13.8 Å². The molecule has 0 aromatic rings. The molecule has 0 aromatic carbocycles. The van der Waals surface area contributed by atoms with Crippen molar-refractivity contribution in [2.75, 3.05) is 6.54 Å². The Labute approximate surface area is 77.8 Å². The third-order valence-electron chi connectivity index (χ3n) is 1.61. The van der Waals surface area contributed by atoms with Crippen LogP contribution in [0.1, 0.15) is 20.3 Å². The highest BCUT2D eigenvalue weighted by Crippen LogP contribution is 2.03. The van der Waals surface area contributed by atoms with Gasteiger partial charge in [0.15, 0.2) is 6.54 Å². The summed E-state index contributed by atoms with van der Waals surface area (Å²) >= 11 is 0. The molecule has 0 bridgehead atoms. The average Bonchev–Trinajstić information content (AvgIpc) is 2.02. The first-order chi connectivity index (χ1) is 5.97. The van der Waals surface area contributed by atoms with Crippen molar-refractivity contribution in [3.05, 3.63) is 0 Å². The highest BCUT2D eigenvalue weighted by Gasteiger charge is 2.18. The molecular weight excluding hydrogens is 170 g/mol. The van der Waals surface area contributed by atoms with Crippen LogP contribution < -0.4 is 16.8 Å². The van der Waals surface area contributed by atoms with Crippen LogP contribution in [0.3, 0.4) is 0 Å². The predicted octanol–water partition coefficient (Wildman–Crippen LogP) is -1.76. The van der Waals surface area contributed by atoms with Crippen molar-refractivity contribution in [3.8, 4) is 0 Å². The molecule has 0 saturated heterocycles. The van der Waals surface area contributed by atoms with Gasteiger partial charge in [-0.3, -0.25) is 9.59 Å². The van der Waals surface area contributed by atoms with Gasteiger partial charge in [-0.05, 0) is 12.3 Å². The minimum Gasteiger partial charge on any atom is -0.368 e.